The molecule has 3 rings (SSSR count). The molecule has 1 aliphatic carbocycles. The molecular weight excluding hydrogens is 346 g/mol. The molecule has 2 aromatic rings. The van der Waals surface area contributed by atoms with Crippen molar-refractivity contribution in [3.8, 4) is 0 Å². The third-order valence-electron chi connectivity index (χ3n) is 4.84. The molecule has 0 saturated heterocycles. The molecule has 140 valence electrons. The zero-order valence-electron chi connectivity index (χ0n) is 15.0. The Morgan fingerprint density at radius 2 is 1.70 bits per heavy atom. The summed E-state index contributed by atoms with van der Waals surface area (Å²) in [6, 6.07) is 11.2. The molecular formula is C20H21N3O4. The van der Waals surface area contributed by atoms with Crippen molar-refractivity contribution < 1.29 is 14.5 Å². The highest BCUT2D eigenvalue weighted by Gasteiger charge is 2.19. The van der Waals surface area contributed by atoms with Crippen molar-refractivity contribution in [2.45, 2.75) is 38.6 Å². The molecule has 7 nitrogen and oxygen atoms in total. The van der Waals surface area contributed by atoms with Crippen LogP contribution >= 0.6 is 0 Å². The third kappa shape index (κ3) is 4.31. The van der Waals surface area contributed by atoms with Gasteiger partial charge in [-0.2, -0.15) is 0 Å². The molecule has 0 aromatic heterocycles. The van der Waals surface area contributed by atoms with E-state index in [2.05, 4.69) is 10.6 Å². The molecule has 2 amide bonds. The molecule has 0 unspecified atom stereocenters. The first-order valence-electron chi connectivity index (χ1n) is 8.92. The van der Waals surface area contributed by atoms with Gasteiger partial charge in [0.15, 0.2) is 0 Å². The first-order valence-corrected chi connectivity index (χ1v) is 8.92. The molecule has 0 atom stereocenters. The van der Waals surface area contributed by atoms with Gasteiger partial charge in [-0.05, 0) is 50.1 Å². The lowest BCUT2D eigenvalue weighted by Gasteiger charge is -2.12. The van der Waals surface area contributed by atoms with Crippen LogP contribution in [-0.4, -0.2) is 22.8 Å². The van der Waals surface area contributed by atoms with E-state index in [1.54, 1.807) is 37.3 Å². The Kier molecular flexibility index (Phi) is 5.49. The fraction of sp³-hybridized carbons (Fsp3) is 0.300. The molecule has 1 aliphatic rings. The number of amides is 2. The predicted octanol–water partition coefficient (Wildman–Crippen LogP) is 3.83. The number of anilines is 1. The summed E-state index contributed by atoms with van der Waals surface area (Å²) >= 11 is 0. The Bertz CT molecular complexity index is 871. The van der Waals surface area contributed by atoms with Crippen molar-refractivity contribution in [2.24, 2.45) is 0 Å². The Balaban J connectivity index is 1.67. The Labute approximate surface area is 156 Å². The number of carbonyl (C=O) groups excluding carboxylic acids is 2. The SMILES string of the molecule is Cc1c(C(=O)Nc2ccc(C(=O)NC3CCCC3)cc2)cccc1[N+](=O)[O-]. The standard InChI is InChI=1S/C20H21N3O4/c1-13-17(7-4-8-18(13)23(26)27)20(25)22-16-11-9-14(10-12-16)19(24)21-15-5-2-3-6-15/h4,7-12,15H,2-3,5-6H2,1H3,(H,21,24)(H,22,25). The summed E-state index contributed by atoms with van der Waals surface area (Å²) in [7, 11) is 0. The number of nitrogens with one attached hydrogen (secondary N) is 2. The normalized spacial score (nSPS) is 14.0. The molecule has 1 fully saturated rings. The van der Waals surface area contributed by atoms with Crippen LogP contribution in [0.5, 0.6) is 0 Å². The largest absolute Gasteiger partial charge is 0.349 e. The van der Waals surface area contributed by atoms with Gasteiger partial charge in [-0.15, -0.1) is 0 Å². The summed E-state index contributed by atoms with van der Waals surface area (Å²) in [5.41, 5.74) is 1.51. The molecule has 0 aliphatic heterocycles. The van der Waals surface area contributed by atoms with Crippen LogP contribution in [0.1, 0.15) is 52.0 Å². The van der Waals surface area contributed by atoms with Crippen LogP contribution in [0.2, 0.25) is 0 Å². The van der Waals surface area contributed by atoms with Gasteiger partial charge in [0, 0.05) is 34.5 Å². The zero-order valence-corrected chi connectivity index (χ0v) is 15.0. The number of hydrogen-bond acceptors (Lipinski definition) is 4. The van der Waals surface area contributed by atoms with Crippen LogP contribution in [0.25, 0.3) is 0 Å². The molecule has 2 N–H and O–H groups in total. The monoisotopic (exact) mass is 367 g/mol. The first-order chi connectivity index (χ1) is 13.0. The minimum atomic E-state index is -0.510. The van der Waals surface area contributed by atoms with Crippen LogP contribution in [0.3, 0.4) is 0 Å². The van der Waals surface area contributed by atoms with Gasteiger partial charge in [0.1, 0.15) is 0 Å². The maximum Gasteiger partial charge on any atom is 0.273 e. The molecule has 0 radical (unpaired) electrons. The maximum absolute atomic E-state index is 12.4. The van der Waals surface area contributed by atoms with Gasteiger partial charge in [-0.25, -0.2) is 0 Å². The van der Waals surface area contributed by atoms with E-state index in [1.807, 2.05) is 0 Å². The van der Waals surface area contributed by atoms with Crippen LogP contribution in [-0.2, 0) is 0 Å². The predicted molar refractivity (Wildman–Crippen MR) is 102 cm³/mol. The highest BCUT2D eigenvalue weighted by Crippen LogP contribution is 2.22. The minimum absolute atomic E-state index is 0.0958. The number of benzene rings is 2. The maximum atomic E-state index is 12.4. The third-order valence-corrected chi connectivity index (χ3v) is 4.84. The average molecular weight is 367 g/mol. The topological polar surface area (TPSA) is 101 Å². The van der Waals surface area contributed by atoms with Crippen LogP contribution in [0.15, 0.2) is 42.5 Å². The van der Waals surface area contributed by atoms with Gasteiger partial charge in [-0.1, -0.05) is 18.9 Å². The zero-order chi connectivity index (χ0) is 19.4. The van der Waals surface area contributed by atoms with Gasteiger partial charge in [0.05, 0.1) is 4.92 Å². The molecule has 27 heavy (non-hydrogen) atoms. The quantitative estimate of drug-likeness (QED) is 0.619. The van der Waals surface area contributed by atoms with Crippen molar-refractivity contribution in [1.29, 1.82) is 0 Å². The summed E-state index contributed by atoms with van der Waals surface area (Å²) in [6.07, 6.45) is 4.32. The van der Waals surface area contributed by atoms with Crippen molar-refractivity contribution in [1.82, 2.24) is 5.32 Å². The second-order valence-electron chi connectivity index (χ2n) is 6.69. The van der Waals surface area contributed by atoms with E-state index in [9.17, 15) is 19.7 Å². The van der Waals surface area contributed by atoms with Gasteiger partial charge >= 0.3 is 0 Å². The second kappa shape index (κ2) is 7.99. The van der Waals surface area contributed by atoms with E-state index in [4.69, 9.17) is 0 Å². The second-order valence-corrected chi connectivity index (χ2v) is 6.69. The molecule has 2 aromatic carbocycles. The van der Waals surface area contributed by atoms with Crippen LogP contribution in [0, 0.1) is 17.0 Å². The molecule has 0 heterocycles. The lowest BCUT2D eigenvalue weighted by Crippen LogP contribution is -2.32. The highest BCUT2D eigenvalue weighted by atomic mass is 16.6. The van der Waals surface area contributed by atoms with E-state index in [-0.39, 0.29) is 23.2 Å². The number of rotatable bonds is 5. The number of nitrogens with zero attached hydrogens (tertiary/aromatic N) is 1. The van der Waals surface area contributed by atoms with Gasteiger partial charge in [0.25, 0.3) is 17.5 Å². The van der Waals surface area contributed by atoms with Crippen LogP contribution < -0.4 is 10.6 Å². The Morgan fingerprint density at radius 1 is 1.04 bits per heavy atom. The summed E-state index contributed by atoms with van der Waals surface area (Å²) in [5.74, 6) is -0.548. The van der Waals surface area contributed by atoms with Crippen molar-refractivity contribution in [3.63, 3.8) is 0 Å². The van der Waals surface area contributed by atoms with Crippen molar-refractivity contribution in [2.75, 3.05) is 5.32 Å². The fourth-order valence-electron chi connectivity index (χ4n) is 3.31. The van der Waals surface area contributed by atoms with E-state index in [0.717, 1.165) is 25.7 Å². The van der Waals surface area contributed by atoms with Gasteiger partial charge in [0.2, 0.25) is 0 Å². The molecule has 7 heteroatoms. The van der Waals surface area contributed by atoms with E-state index in [1.165, 1.54) is 12.1 Å². The number of nitro groups is 1. The molecule has 0 spiro atoms. The summed E-state index contributed by atoms with van der Waals surface area (Å²) in [4.78, 5) is 35.2. The van der Waals surface area contributed by atoms with E-state index in [0.29, 0.717) is 16.8 Å². The van der Waals surface area contributed by atoms with E-state index >= 15 is 0 Å². The number of nitro benzene ring substituents is 1. The van der Waals surface area contributed by atoms with Gasteiger partial charge in [-0.3, -0.25) is 19.7 Å². The smallest absolute Gasteiger partial charge is 0.273 e. The van der Waals surface area contributed by atoms with Crippen molar-refractivity contribution >= 4 is 23.2 Å². The lowest BCUT2D eigenvalue weighted by molar-refractivity contribution is -0.385. The summed E-state index contributed by atoms with van der Waals surface area (Å²) < 4.78 is 0. The first kappa shape index (κ1) is 18.6. The van der Waals surface area contributed by atoms with Crippen LogP contribution in [0.4, 0.5) is 11.4 Å². The number of hydrogen-bond donors (Lipinski definition) is 2. The Hall–Kier alpha value is -3.22. The minimum Gasteiger partial charge on any atom is -0.349 e. The summed E-state index contributed by atoms with van der Waals surface area (Å²) in [6.45, 7) is 1.55. The fourth-order valence-corrected chi connectivity index (χ4v) is 3.31. The molecule has 0 bridgehead atoms. The Morgan fingerprint density at radius 3 is 2.33 bits per heavy atom. The number of carbonyl (C=O) groups is 2. The average Bonchev–Trinajstić information content (AvgIpc) is 3.15. The van der Waals surface area contributed by atoms with E-state index < -0.39 is 10.8 Å². The lowest BCUT2D eigenvalue weighted by atomic mass is 10.1. The highest BCUT2D eigenvalue weighted by molar-refractivity contribution is 6.06. The molecule has 1 saturated carbocycles. The van der Waals surface area contributed by atoms with Gasteiger partial charge < -0.3 is 10.6 Å². The van der Waals surface area contributed by atoms with Crippen molar-refractivity contribution in [3.05, 3.63) is 69.3 Å². The summed E-state index contributed by atoms with van der Waals surface area (Å²) in [5, 5.41) is 16.7.